The van der Waals surface area contributed by atoms with Gasteiger partial charge in [-0.1, -0.05) is 13.8 Å². The Hall–Kier alpha value is -1.47. The lowest BCUT2D eigenvalue weighted by Crippen LogP contribution is -2.45. The minimum atomic E-state index is -3.63. The summed E-state index contributed by atoms with van der Waals surface area (Å²) in [7, 11) is -3.63. The van der Waals surface area contributed by atoms with Crippen LogP contribution in [0.4, 0.5) is 4.39 Å². The molecule has 0 bridgehead atoms. The molecule has 24 heavy (non-hydrogen) atoms. The molecule has 7 heteroatoms. The number of piperidine rings is 1. The van der Waals surface area contributed by atoms with E-state index in [2.05, 4.69) is 5.32 Å². The number of hydrogen-bond donors (Lipinski definition) is 1. The van der Waals surface area contributed by atoms with Gasteiger partial charge in [0.15, 0.2) is 0 Å². The van der Waals surface area contributed by atoms with Crippen LogP contribution in [0, 0.1) is 17.7 Å². The second-order valence-electron chi connectivity index (χ2n) is 6.67. The average molecular weight is 356 g/mol. The molecule has 134 valence electrons. The summed E-state index contributed by atoms with van der Waals surface area (Å²) in [4.78, 5) is 12.3. The van der Waals surface area contributed by atoms with Crippen LogP contribution < -0.4 is 5.32 Å². The van der Waals surface area contributed by atoms with Gasteiger partial charge in [-0.2, -0.15) is 4.31 Å². The van der Waals surface area contributed by atoms with Crippen molar-refractivity contribution in [2.45, 2.75) is 44.6 Å². The van der Waals surface area contributed by atoms with Crippen molar-refractivity contribution in [1.29, 1.82) is 0 Å². The first kappa shape index (κ1) is 18.9. The van der Waals surface area contributed by atoms with Gasteiger partial charge in [0.05, 0.1) is 4.90 Å². The molecule has 0 radical (unpaired) electrons. The molecular formula is C17H25FN2O3S. The molecule has 0 aliphatic carbocycles. The predicted molar refractivity (Wildman–Crippen MR) is 90.3 cm³/mol. The standard InChI is InChI=1S/C17H25FN2O3S/c1-12(2)13(3)19-17(21)14-8-10-20(11-9-14)24(22,23)16-6-4-15(18)5-7-16/h4-7,12-14H,8-11H2,1-3H3,(H,19,21)/t13-/m0/s1. The summed E-state index contributed by atoms with van der Waals surface area (Å²) in [5.41, 5.74) is 0. The molecule has 1 atom stereocenters. The zero-order valence-electron chi connectivity index (χ0n) is 14.3. The lowest BCUT2D eigenvalue weighted by atomic mass is 9.96. The zero-order chi connectivity index (χ0) is 17.9. The summed E-state index contributed by atoms with van der Waals surface area (Å²) >= 11 is 0. The normalized spacial score (nSPS) is 18.5. The van der Waals surface area contributed by atoms with Crippen molar-refractivity contribution in [2.75, 3.05) is 13.1 Å². The first-order valence-electron chi connectivity index (χ1n) is 8.28. The van der Waals surface area contributed by atoms with Crippen molar-refractivity contribution in [1.82, 2.24) is 9.62 Å². The number of benzene rings is 1. The number of carbonyl (C=O) groups is 1. The Bertz CT molecular complexity index is 666. The monoisotopic (exact) mass is 356 g/mol. The number of hydrogen-bond acceptors (Lipinski definition) is 3. The fraction of sp³-hybridized carbons (Fsp3) is 0.588. The van der Waals surface area contributed by atoms with Crippen LogP contribution in [0.3, 0.4) is 0 Å². The van der Waals surface area contributed by atoms with Crippen LogP contribution >= 0.6 is 0 Å². The molecule has 0 aromatic heterocycles. The number of carbonyl (C=O) groups excluding carboxylic acids is 1. The van der Waals surface area contributed by atoms with E-state index in [4.69, 9.17) is 0 Å². The van der Waals surface area contributed by atoms with Crippen molar-refractivity contribution in [3.05, 3.63) is 30.1 Å². The molecule has 1 aliphatic rings. The Morgan fingerprint density at radius 3 is 2.21 bits per heavy atom. The van der Waals surface area contributed by atoms with E-state index in [0.29, 0.717) is 31.8 Å². The Morgan fingerprint density at radius 2 is 1.71 bits per heavy atom. The van der Waals surface area contributed by atoms with E-state index < -0.39 is 15.8 Å². The van der Waals surface area contributed by atoms with Gasteiger partial charge >= 0.3 is 0 Å². The molecule has 0 unspecified atom stereocenters. The Morgan fingerprint density at radius 1 is 1.17 bits per heavy atom. The third kappa shape index (κ3) is 4.33. The van der Waals surface area contributed by atoms with Crippen molar-refractivity contribution in [3.63, 3.8) is 0 Å². The molecule has 1 aliphatic heterocycles. The Labute approximate surface area is 143 Å². The second kappa shape index (κ2) is 7.61. The maximum Gasteiger partial charge on any atom is 0.243 e. The van der Waals surface area contributed by atoms with E-state index in [0.717, 1.165) is 12.1 Å². The van der Waals surface area contributed by atoms with Gasteiger partial charge in [0.1, 0.15) is 5.82 Å². The molecule has 1 aromatic rings. The van der Waals surface area contributed by atoms with E-state index in [1.807, 2.05) is 20.8 Å². The largest absolute Gasteiger partial charge is 0.353 e. The van der Waals surface area contributed by atoms with Gasteiger partial charge in [0.2, 0.25) is 15.9 Å². The molecule has 1 aromatic carbocycles. The van der Waals surface area contributed by atoms with Crippen molar-refractivity contribution in [3.8, 4) is 0 Å². The molecule has 1 fully saturated rings. The fourth-order valence-corrected chi connectivity index (χ4v) is 4.09. The van der Waals surface area contributed by atoms with Crippen molar-refractivity contribution >= 4 is 15.9 Å². The second-order valence-corrected chi connectivity index (χ2v) is 8.61. The molecule has 1 amide bonds. The van der Waals surface area contributed by atoms with Crippen LogP contribution in [0.5, 0.6) is 0 Å². The highest BCUT2D eigenvalue weighted by Gasteiger charge is 2.32. The van der Waals surface area contributed by atoms with Crippen LogP contribution in [0.25, 0.3) is 0 Å². The quantitative estimate of drug-likeness (QED) is 0.881. The van der Waals surface area contributed by atoms with Crippen LogP contribution in [-0.4, -0.2) is 37.8 Å². The molecule has 5 nitrogen and oxygen atoms in total. The molecule has 1 saturated heterocycles. The smallest absolute Gasteiger partial charge is 0.243 e. The van der Waals surface area contributed by atoms with Crippen LogP contribution in [0.15, 0.2) is 29.2 Å². The number of rotatable bonds is 5. The maximum atomic E-state index is 13.0. The SMILES string of the molecule is CC(C)[C@H](C)NC(=O)C1CCN(S(=O)(=O)c2ccc(F)cc2)CC1. The molecule has 2 rings (SSSR count). The lowest BCUT2D eigenvalue weighted by molar-refractivity contribution is -0.127. The van der Waals surface area contributed by atoms with Crippen LogP contribution in [0.2, 0.25) is 0 Å². The minimum Gasteiger partial charge on any atom is -0.353 e. The number of amides is 1. The van der Waals surface area contributed by atoms with E-state index in [9.17, 15) is 17.6 Å². The van der Waals surface area contributed by atoms with Gasteiger partial charge in [-0.3, -0.25) is 4.79 Å². The summed E-state index contributed by atoms with van der Waals surface area (Å²) < 4.78 is 39.4. The number of nitrogens with one attached hydrogen (secondary N) is 1. The molecule has 0 spiro atoms. The number of halogens is 1. The first-order chi connectivity index (χ1) is 11.2. The summed E-state index contributed by atoms with van der Waals surface area (Å²) in [6.45, 7) is 6.66. The molecule has 0 saturated carbocycles. The van der Waals surface area contributed by atoms with Crippen LogP contribution in [0.1, 0.15) is 33.6 Å². The van der Waals surface area contributed by atoms with E-state index in [-0.39, 0.29) is 22.8 Å². The highest BCUT2D eigenvalue weighted by Crippen LogP contribution is 2.24. The topological polar surface area (TPSA) is 66.5 Å². The molecule has 1 heterocycles. The van der Waals surface area contributed by atoms with Gasteiger partial charge in [-0.05, 0) is 49.9 Å². The van der Waals surface area contributed by atoms with Gasteiger partial charge in [0, 0.05) is 25.0 Å². The number of nitrogens with zero attached hydrogens (tertiary/aromatic N) is 1. The van der Waals surface area contributed by atoms with Gasteiger partial charge in [0.25, 0.3) is 0 Å². The van der Waals surface area contributed by atoms with Crippen molar-refractivity contribution in [2.24, 2.45) is 11.8 Å². The summed E-state index contributed by atoms with van der Waals surface area (Å²) in [6.07, 6.45) is 0.994. The molecular weight excluding hydrogens is 331 g/mol. The Balaban J connectivity index is 1.97. The van der Waals surface area contributed by atoms with Crippen LogP contribution in [-0.2, 0) is 14.8 Å². The number of sulfonamides is 1. The van der Waals surface area contributed by atoms with Gasteiger partial charge in [-0.25, -0.2) is 12.8 Å². The van der Waals surface area contributed by atoms with Gasteiger partial charge < -0.3 is 5.32 Å². The minimum absolute atomic E-state index is 0.00460. The predicted octanol–water partition coefficient (Wildman–Crippen LogP) is 2.39. The van der Waals surface area contributed by atoms with Gasteiger partial charge in [-0.15, -0.1) is 0 Å². The van der Waals surface area contributed by atoms with Crippen molar-refractivity contribution < 1.29 is 17.6 Å². The van der Waals surface area contributed by atoms with E-state index in [1.165, 1.54) is 16.4 Å². The van der Waals surface area contributed by atoms with E-state index >= 15 is 0 Å². The highest BCUT2D eigenvalue weighted by atomic mass is 32.2. The Kier molecular flexibility index (Phi) is 5.98. The lowest BCUT2D eigenvalue weighted by Gasteiger charge is -2.31. The third-order valence-corrected chi connectivity index (χ3v) is 6.56. The zero-order valence-corrected chi connectivity index (χ0v) is 15.1. The molecule has 1 N–H and O–H groups in total. The third-order valence-electron chi connectivity index (χ3n) is 4.65. The fourth-order valence-electron chi connectivity index (χ4n) is 2.62. The summed E-state index contributed by atoms with van der Waals surface area (Å²) in [5, 5.41) is 2.99. The average Bonchev–Trinajstić information content (AvgIpc) is 2.55. The maximum absolute atomic E-state index is 13.0. The summed E-state index contributed by atoms with van der Waals surface area (Å²) in [6, 6.07) is 4.92. The summed E-state index contributed by atoms with van der Waals surface area (Å²) in [5.74, 6) is -0.280. The first-order valence-corrected chi connectivity index (χ1v) is 9.72. The highest BCUT2D eigenvalue weighted by molar-refractivity contribution is 7.89. The van der Waals surface area contributed by atoms with E-state index in [1.54, 1.807) is 0 Å².